The summed E-state index contributed by atoms with van der Waals surface area (Å²) >= 11 is 0. The zero-order chi connectivity index (χ0) is 37.6. The van der Waals surface area contributed by atoms with Crippen molar-refractivity contribution in [3.05, 3.63) is 65.5 Å². The molecule has 0 saturated carbocycles. The Hall–Kier alpha value is -5.30. The highest BCUT2D eigenvalue weighted by Gasteiger charge is 2.21. The van der Waals surface area contributed by atoms with E-state index in [0.29, 0.717) is 65.4 Å². The summed E-state index contributed by atoms with van der Waals surface area (Å²) in [5.41, 5.74) is 15.1. The highest BCUT2D eigenvalue weighted by Crippen LogP contribution is 2.30. The number of carbonyl (C=O) groups is 2. The summed E-state index contributed by atoms with van der Waals surface area (Å²) in [6.45, 7) is 11.2. The number of imidazole rings is 2. The molecular weight excluding hydrogens is 691 g/mol. The SMILES string of the molecule is CC.CCn1nc(C)cc1C(=O)Nc1nc2cc(S(N)(=O)=O)ccc2n1C/C=C/Cn1c(N)nc2cc(C(N)=O)cc(OCCCOC3CNC3)c21. The van der Waals surface area contributed by atoms with E-state index in [1.165, 1.54) is 12.1 Å². The topological polar surface area (TPSA) is 242 Å². The van der Waals surface area contributed by atoms with Crippen LogP contribution in [0.5, 0.6) is 5.75 Å². The number of fused-ring (bicyclic) bond motifs is 2. The van der Waals surface area contributed by atoms with Gasteiger partial charge in [-0.3, -0.25) is 19.6 Å². The summed E-state index contributed by atoms with van der Waals surface area (Å²) in [6, 6.07) is 9.16. The average Bonchev–Trinajstić information content (AvgIpc) is 3.75. The number of nitrogens with one attached hydrogen (secondary N) is 2. The maximum absolute atomic E-state index is 13.3. The molecule has 0 atom stereocenters. The number of benzene rings is 2. The Morgan fingerprint density at radius 3 is 2.42 bits per heavy atom. The van der Waals surface area contributed by atoms with Gasteiger partial charge in [0.1, 0.15) is 17.0 Å². The van der Waals surface area contributed by atoms with Gasteiger partial charge in [-0.1, -0.05) is 26.0 Å². The molecule has 2 aromatic carbocycles. The Morgan fingerprint density at radius 1 is 1.04 bits per heavy atom. The van der Waals surface area contributed by atoms with Crippen LogP contribution in [0.4, 0.5) is 11.9 Å². The lowest BCUT2D eigenvalue weighted by atomic mass is 10.1. The fraction of sp³-hybridized carbons (Fsp3) is 0.382. The summed E-state index contributed by atoms with van der Waals surface area (Å²) in [7, 11) is -3.99. The number of nitrogens with zero attached hydrogens (tertiary/aromatic N) is 6. The van der Waals surface area contributed by atoms with Crippen LogP contribution in [0.25, 0.3) is 22.1 Å². The molecule has 5 aromatic rings. The summed E-state index contributed by atoms with van der Waals surface area (Å²) in [5, 5.41) is 15.7. The number of anilines is 2. The number of allylic oxidation sites excluding steroid dienone is 2. The second-order valence-corrected chi connectivity index (χ2v) is 13.4. The lowest BCUT2D eigenvalue weighted by Crippen LogP contribution is -2.48. The molecule has 6 rings (SSSR count). The molecule has 1 aliphatic heterocycles. The predicted molar refractivity (Wildman–Crippen MR) is 198 cm³/mol. The smallest absolute Gasteiger partial charge is 0.276 e. The molecule has 0 spiro atoms. The zero-order valence-corrected chi connectivity index (χ0v) is 30.4. The zero-order valence-electron chi connectivity index (χ0n) is 29.6. The molecule has 1 saturated heterocycles. The molecule has 2 amide bonds. The van der Waals surface area contributed by atoms with Gasteiger partial charge in [-0.25, -0.2) is 23.5 Å². The Morgan fingerprint density at radius 2 is 1.77 bits per heavy atom. The van der Waals surface area contributed by atoms with Crippen LogP contribution >= 0.6 is 0 Å². The number of aromatic nitrogens is 6. The number of primary amides is 1. The first-order valence-electron chi connectivity index (χ1n) is 17.0. The first kappa shape index (κ1) is 37.9. The lowest BCUT2D eigenvalue weighted by Gasteiger charge is -2.27. The van der Waals surface area contributed by atoms with Gasteiger partial charge in [-0.15, -0.1) is 0 Å². The van der Waals surface area contributed by atoms with Crippen molar-refractivity contribution in [2.75, 3.05) is 37.4 Å². The quantitative estimate of drug-likeness (QED) is 0.0773. The van der Waals surface area contributed by atoms with E-state index < -0.39 is 21.8 Å². The van der Waals surface area contributed by atoms with E-state index in [-0.39, 0.29) is 41.5 Å². The molecule has 1 fully saturated rings. The van der Waals surface area contributed by atoms with Crippen molar-refractivity contribution < 1.29 is 27.5 Å². The van der Waals surface area contributed by atoms with Crippen LogP contribution in [-0.2, 0) is 34.4 Å². The second kappa shape index (κ2) is 16.4. The maximum atomic E-state index is 13.3. The maximum Gasteiger partial charge on any atom is 0.276 e. The molecule has 0 radical (unpaired) electrons. The molecule has 8 N–H and O–H groups in total. The first-order chi connectivity index (χ1) is 24.9. The Kier molecular flexibility index (Phi) is 11.9. The first-order valence-corrected chi connectivity index (χ1v) is 18.6. The van der Waals surface area contributed by atoms with E-state index >= 15 is 0 Å². The van der Waals surface area contributed by atoms with Gasteiger partial charge in [0.05, 0.1) is 46.5 Å². The average molecular weight is 736 g/mol. The molecule has 18 heteroatoms. The molecular formula is C34H45N11O6S. The van der Waals surface area contributed by atoms with Crippen molar-refractivity contribution in [3.8, 4) is 5.75 Å². The van der Waals surface area contributed by atoms with E-state index in [4.69, 9.17) is 26.1 Å². The van der Waals surface area contributed by atoms with E-state index in [2.05, 4.69) is 25.7 Å². The van der Waals surface area contributed by atoms with E-state index in [1.807, 2.05) is 32.9 Å². The molecule has 17 nitrogen and oxygen atoms in total. The van der Waals surface area contributed by atoms with Gasteiger partial charge in [-0.05, 0) is 50.2 Å². The number of ether oxygens (including phenoxy) is 2. The number of aryl methyl sites for hydroxylation is 2. The highest BCUT2D eigenvalue weighted by molar-refractivity contribution is 7.89. The van der Waals surface area contributed by atoms with Gasteiger partial charge in [0, 0.05) is 44.7 Å². The largest absolute Gasteiger partial charge is 0.491 e. The van der Waals surface area contributed by atoms with Gasteiger partial charge in [0.15, 0.2) is 0 Å². The minimum absolute atomic E-state index is 0.106. The molecule has 0 aliphatic carbocycles. The van der Waals surface area contributed by atoms with Gasteiger partial charge in [-0.2, -0.15) is 5.10 Å². The summed E-state index contributed by atoms with van der Waals surface area (Å²) in [6.07, 6.45) is 4.56. The molecule has 0 unspecified atom stereocenters. The fourth-order valence-corrected chi connectivity index (χ4v) is 6.15. The normalized spacial score (nSPS) is 13.3. The standard InChI is InChI=1S/C32H39N11O6S.C2H6/c1-3-43-26(13-19(2)40-43)30(45)39-32-38-23-16-22(50(35,46)47)7-8-25(23)41(32)9-4-5-10-42-28-24(37-31(42)34)14-20(29(33)44)15-27(28)49-12-6-11-48-21-17-36-18-21;1-2/h4-5,7-8,13-16,21,36H,3,6,9-12,17-18H2,1-2H3,(H2,33,44)(H2,34,37)(H2,35,46,47)(H,38,39,45);1-2H3/b5-4+;. The summed E-state index contributed by atoms with van der Waals surface area (Å²) < 4.78 is 41.0. The predicted octanol–water partition coefficient (Wildman–Crippen LogP) is 2.53. The molecule has 278 valence electrons. The molecule has 3 aromatic heterocycles. The number of hydrogen-bond donors (Lipinski definition) is 5. The van der Waals surface area contributed by atoms with Crippen LogP contribution in [0.1, 0.15) is 53.7 Å². The van der Waals surface area contributed by atoms with Gasteiger partial charge < -0.3 is 35.4 Å². The van der Waals surface area contributed by atoms with Crippen molar-refractivity contribution in [3.63, 3.8) is 0 Å². The van der Waals surface area contributed by atoms with Gasteiger partial charge in [0.25, 0.3) is 5.91 Å². The minimum atomic E-state index is -3.99. The number of sulfonamides is 1. The Balaban J connectivity index is 0.00000257. The second-order valence-electron chi connectivity index (χ2n) is 11.8. The lowest BCUT2D eigenvalue weighted by molar-refractivity contribution is 0.0136. The molecule has 0 bridgehead atoms. The van der Waals surface area contributed by atoms with Crippen LogP contribution in [0.15, 0.2) is 53.4 Å². The number of nitrogens with two attached hydrogens (primary N) is 3. The number of amides is 2. The Labute approximate surface area is 301 Å². The number of hydrogen-bond acceptors (Lipinski definition) is 11. The van der Waals surface area contributed by atoms with Gasteiger partial charge >= 0.3 is 0 Å². The van der Waals surface area contributed by atoms with Crippen molar-refractivity contribution in [1.29, 1.82) is 0 Å². The number of primary sulfonamides is 1. The van der Waals surface area contributed by atoms with Crippen LogP contribution in [0, 0.1) is 6.92 Å². The third-order valence-corrected chi connectivity index (χ3v) is 9.13. The third kappa shape index (κ3) is 8.42. The molecule has 1 aliphatic rings. The number of carbonyl (C=O) groups excluding carboxylic acids is 2. The van der Waals surface area contributed by atoms with Gasteiger partial charge in [0.2, 0.25) is 27.8 Å². The third-order valence-electron chi connectivity index (χ3n) is 8.22. The van der Waals surface area contributed by atoms with Crippen LogP contribution in [0.3, 0.4) is 0 Å². The van der Waals surface area contributed by atoms with Crippen molar-refractivity contribution in [2.24, 2.45) is 10.9 Å². The Bertz CT molecular complexity index is 2220. The van der Waals surface area contributed by atoms with Crippen molar-refractivity contribution in [1.82, 2.24) is 34.2 Å². The number of nitrogen functional groups attached to an aromatic ring is 1. The van der Waals surface area contributed by atoms with E-state index in [9.17, 15) is 18.0 Å². The molecule has 4 heterocycles. The van der Waals surface area contributed by atoms with Crippen LogP contribution in [0.2, 0.25) is 0 Å². The van der Waals surface area contributed by atoms with Crippen molar-refractivity contribution >= 4 is 55.8 Å². The fourth-order valence-electron chi connectivity index (χ4n) is 5.62. The minimum Gasteiger partial charge on any atom is -0.491 e. The van der Waals surface area contributed by atoms with E-state index in [1.54, 1.807) is 45.0 Å². The monoisotopic (exact) mass is 735 g/mol. The highest BCUT2D eigenvalue weighted by atomic mass is 32.2. The van der Waals surface area contributed by atoms with Crippen LogP contribution < -0.4 is 32.0 Å². The number of rotatable bonds is 15. The molecule has 52 heavy (non-hydrogen) atoms. The van der Waals surface area contributed by atoms with Crippen LogP contribution in [-0.4, -0.2) is 81.5 Å². The summed E-state index contributed by atoms with van der Waals surface area (Å²) in [5.74, 6) is -0.228. The van der Waals surface area contributed by atoms with E-state index in [0.717, 1.165) is 13.1 Å². The van der Waals surface area contributed by atoms with Crippen molar-refractivity contribution in [2.45, 2.75) is 64.7 Å². The summed E-state index contributed by atoms with van der Waals surface area (Å²) in [4.78, 5) is 34.3.